The Kier molecular flexibility index (Phi) is 4.14. The van der Waals surface area contributed by atoms with Gasteiger partial charge in [0.1, 0.15) is 17.0 Å². The lowest BCUT2D eigenvalue weighted by molar-refractivity contribution is -0.125. The number of hydrogen-bond acceptors (Lipinski definition) is 5. The number of benzene rings is 3. The smallest absolute Gasteiger partial charge is 0.239 e. The quantitative estimate of drug-likeness (QED) is 0.427. The van der Waals surface area contributed by atoms with E-state index in [1.165, 1.54) is 17.1 Å². The van der Waals surface area contributed by atoms with E-state index >= 15 is 0 Å². The molecule has 0 saturated carbocycles. The van der Waals surface area contributed by atoms with Gasteiger partial charge in [-0.05, 0) is 46.7 Å². The second kappa shape index (κ2) is 7.03. The lowest BCUT2D eigenvalue weighted by Gasteiger charge is -2.29. The van der Waals surface area contributed by atoms with E-state index in [1.807, 2.05) is 48.5 Å². The molecule has 4 aromatic rings. The van der Waals surface area contributed by atoms with Gasteiger partial charge in [-0.25, -0.2) is 4.99 Å². The minimum atomic E-state index is -0.235. The number of furan rings is 1. The van der Waals surface area contributed by atoms with Crippen LogP contribution >= 0.6 is 11.8 Å². The summed E-state index contributed by atoms with van der Waals surface area (Å²) in [5.74, 6) is 1.95. The van der Waals surface area contributed by atoms with Gasteiger partial charge in [0.2, 0.25) is 5.91 Å². The maximum Gasteiger partial charge on any atom is 0.239 e. The topological polar surface area (TPSA) is 55.0 Å². The molecule has 0 spiro atoms. The number of carbonyl (C=O) groups excluding carboxylic acids is 1. The first-order valence-electron chi connectivity index (χ1n) is 10.0. The normalized spacial score (nSPS) is 18.3. The fourth-order valence-corrected chi connectivity index (χ4v) is 5.11. The number of rotatable bonds is 3. The summed E-state index contributed by atoms with van der Waals surface area (Å²) in [5, 5.41) is 4.10. The van der Waals surface area contributed by atoms with Crippen molar-refractivity contribution in [2.45, 2.75) is 6.04 Å². The van der Waals surface area contributed by atoms with Gasteiger partial charge in [0.15, 0.2) is 10.9 Å². The molecule has 31 heavy (non-hydrogen) atoms. The van der Waals surface area contributed by atoms with Gasteiger partial charge in [-0.1, -0.05) is 54.2 Å². The third-order valence-corrected chi connectivity index (χ3v) is 6.68. The van der Waals surface area contributed by atoms with Crippen molar-refractivity contribution in [2.24, 2.45) is 4.99 Å². The van der Waals surface area contributed by atoms with Crippen molar-refractivity contribution in [3.8, 4) is 5.75 Å². The number of fused-ring (bicyclic) bond motifs is 4. The lowest BCUT2D eigenvalue weighted by Crippen LogP contribution is -2.34. The highest BCUT2D eigenvalue weighted by Gasteiger charge is 2.37. The van der Waals surface area contributed by atoms with E-state index in [1.54, 1.807) is 12.0 Å². The Morgan fingerprint density at radius 2 is 1.90 bits per heavy atom. The number of amides is 1. The summed E-state index contributed by atoms with van der Waals surface area (Å²) in [6.45, 7) is 0. The van der Waals surface area contributed by atoms with Gasteiger partial charge in [-0.15, -0.1) is 0 Å². The van der Waals surface area contributed by atoms with Crippen LogP contribution in [0.25, 0.3) is 27.4 Å². The molecule has 0 radical (unpaired) electrons. The van der Waals surface area contributed by atoms with E-state index in [0.717, 1.165) is 33.4 Å². The minimum absolute atomic E-state index is 0.0652. The third kappa shape index (κ3) is 2.94. The largest absolute Gasteiger partial charge is 0.497 e. The van der Waals surface area contributed by atoms with Crippen LogP contribution in [0.2, 0.25) is 0 Å². The monoisotopic (exact) mass is 426 g/mol. The number of aliphatic imine (C=N–C) groups is 1. The van der Waals surface area contributed by atoms with Crippen LogP contribution in [-0.4, -0.2) is 28.8 Å². The number of ether oxygens (including phenoxy) is 1. The Hall–Kier alpha value is -3.51. The summed E-state index contributed by atoms with van der Waals surface area (Å²) in [7, 11) is 1.64. The second-order valence-corrected chi connectivity index (χ2v) is 8.47. The highest BCUT2D eigenvalue weighted by Crippen LogP contribution is 2.40. The van der Waals surface area contributed by atoms with Crippen LogP contribution in [0.15, 0.2) is 82.2 Å². The predicted molar refractivity (Wildman–Crippen MR) is 124 cm³/mol. The minimum Gasteiger partial charge on any atom is -0.497 e. The van der Waals surface area contributed by atoms with Gasteiger partial charge in [0.05, 0.1) is 18.9 Å². The zero-order valence-corrected chi connectivity index (χ0v) is 17.6. The van der Waals surface area contributed by atoms with Gasteiger partial charge >= 0.3 is 0 Å². The molecule has 1 saturated heterocycles. The maximum atomic E-state index is 12.6. The van der Waals surface area contributed by atoms with Gasteiger partial charge in [-0.3, -0.25) is 9.69 Å². The molecule has 6 rings (SSSR count). The van der Waals surface area contributed by atoms with Crippen LogP contribution in [0.4, 0.5) is 0 Å². The van der Waals surface area contributed by atoms with Crippen molar-refractivity contribution in [1.82, 2.24) is 4.90 Å². The van der Waals surface area contributed by atoms with Crippen LogP contribution in [0, 0.1) is 0 Å². The molecule has 1 unspecified atom stereocenters. The van der Waals surface area contributed by atoms with Gasteiger partial charge in [-0.2, -0.15) is 0 Å². The summed E-state index contributed by atoms with van der Waals surface area (Å²) in [4.78, 5) is 19.1. The zero-order valence-electron chi connectivity index (χ0n) is 16.7. The molecular formula is C25H18N2O3S. The summed E-state index contributed by atoms with van der Waals surface area (Å²) in [5.41, 5.74) is 2.58. The molecule has 0 N–H and O–H groups in total. The van der Waals surface area contributed by atoms with Crippen molar-refractivity contribution in [3.63, 3.8) is 0 Å². The molecule has 1 atom stereocenters. The highest BCUT2D eigenvalue weighted by molar-refractivity contribution is 8.15. The van der Waals surface area contributed by atoms with Crippen molar-refractivity contribution in [2.75, 3.05) is 12.9 Å². The Morgan fingerprint density at radius 3 is 2.74 bits per heavy atom. The summed E-state index contributed by atoms with van der Waals surface area (Å²) in [6, 6.07) is 22.0. The van der Waals surface area contributed by atoms with Crippen LogP contribution in [0.1, 0.15) is 17.4 Å². The Labute approximate surface area is 183 Å². The van der Waals surface area contributed by atoms with Crippen molar-refractivity contribution in [1.29, 1.82) is 0 Å². The number of amidine groups is 1. The van der Waals surface area contributed by atoms with E-state index in [9.17, 15) is 4.79 Å². The predicted octanol–water partition coefficient (Wildman–Crippen LogP) is 5.62. The third-order valence-electron chi connectivity index (χ3n) is 5.75. The first-order chi connectivity index (χ1) is 15.2. The van der Waals surface area contributed by atoms with Gasteiger partial charge in [0, 0.05) is 5.39 Å². The van der Waals surface area contributed by atoms with E-state index in [4.69, 9.17) is 14.1 Å². The zero-order chi connectivity index (χ0) is 20.9. The maximum absolute atomic E-state index is 12.6. The van der Waals surface area contributed by atoms with Gasteiger partial charge < -0.3 is 9.15 Å². The van der Waals surface area contributed by atoms with Crippen LogP contribution in [-0.2, 0) is 4.79 Å². The molecule has 1 amide bonds. The molecule has 152 valence electrons. The molecule has 2 aliphatic heterocycles. The molecular weight excluding hydrogens is 408 g/mol. The molecule has 1 fully saturated rings. The van der Waals surface area contributed by atoms with Crippen LogP contribution < -0.4 is 4.74 Å². The fraction of sp³-hybridized carbons (Fsp3) is 0.120. The molecule has 3 heterocycles. The number of methoxy groups -OCH3 is 1. The first-order valence-corrected chi connectivity index (χ1v) is 11.0. The Bertz CT molecular complexity index is 1400. The molecule has 0 aliphatic carbocycles. The second-order valence-electron chi connectivity index (χ2n) is 7.53. The molecule has 6 heteroatoms. The first kappa shape index (κ1) is 18.3. The molecule has 2 aliphatic rings. The van der Waals surface area contributed by atoms with Gasteiger partial charge in [0.25, 0.3) is 0 Å². The summed E-state index contributed by atoms with van der Waals surface area (Å²) >= 11 is 1.47. The average molecular weight is 426 g/mol. The van der Waals surface area contributed by atoms with E-state index < -0.39 is 0 Å². The Morgan fingerprint density at radius 1 is 1.06 bits per heavy atom. The van der Waals surface area contributed by atoms with E-state index in [0.29, 0.717) is 16.7 Å². The fourth-order valence-electron chi connectivity index (χ4n) is 4.20. The standard InChI is InChI=1S/C25H18N2O3S/c1-29-17-9-6-16(7-10-17)21-13-20(26-25-27(21)24(28)14-31-25)23-12-19-18-5-3-2-4-15(18)8-11-22(19)30-23/h2-13,21H,14H2,1H3. The van der Waals surface area contributed by atoms with Crippen LogP contribution in [0.3, 0.4) is 0 Å². The molecule has 3 aromatic carbocycles. The SMILES string of the molecule is COc1ccc(C2C=C(c3cc4c(ccc5ccccc54)o3)N=C3SCC(=O)N32)cc1. The van der Waals surface area contributed by atoms with Crippen molar-refractivity contribution >= 4 is 50.3 Å². The summed E-state index contributed by atoms with van der Waals surface area (Å²) < 4.78 is 11.5. The van der Waals surface area contributed by atoms with Crippen molar-refractivity contribution < 1.29 is 13.9 Å². The average Bonchev–Trinajstić information content (AvgIpc) is 3.43. The lowest BCUT2D eigenvalue weighted by atomic mass is 10.0. The van der Waals surface area contributed by atoms with E-state index in [-0.39, 0.29) is 11.9 Å². The molecule has 0 bridgehead atoms. The number of carbonyl (C=O) groups is 1. The summed E-state index contributed by atoms with van der Waals surface area (Å²) in [6.07, 6.45) is 2.01. The number of hydrogen-bond donors (Lipinski definition) is 0. The molecule has 5 nitrogen and oxygen atoms in total. The Balaban J connectivity index is 1.49. The molecule has 1 aromatic heterocycles. The number of thioether (sulfide) groups is 1. The number of nitrogens with zero attached hydrogens (tertiary/aromatic N) is 2. The van der Waals surface area contributed by atoms with E-state index in [2.05, 4.69) is 24.3 Å². The van der Waals surface area contributed by atoms with Crippen molar-refractivity contribution in [3.05, 3.63) is 84.1 Å². The highest BCUT2D eigenvalue weighted by atomic mass is 32.2. The van der Waals surface area contributed by atoms with Crippen LogP contribution in [0.5, 0.6) is 5.75 Å².